The Kier molecular flexibility index (Phi) is 6.03. The van der Waals surface area contributed by atoms with Crippen molar-refractivity contribution in [2.45, 2.75) is 0 Å². The van der Waals surface area contributed by atoms with E-state index in [0.717, 1.165) is 6.07 Å². The van der Waals surface area contributed by atoms with Crippen molar-refractivity contribution in [2.24, 2.45) is 0 Å². The van der Waals surface area contributed by atoms with Gasteiger partial charge in [-0.05, 0) is 18.2 Å². The first kappa shape index (κ1) is 14.6. The topological polar surface area (TPSA) is 20.3 Å². The Labute approximate surface area is 114 Å². The van der Waals surface area contributed by atoms with E-state index in [0.29, 0.717) is 18.1 Å². The lowest BCUT2D eigenvalue weighted by atomic mass is 10.2. The number of benzene rings is 1. The lowest BCUT2D eigenvalue weighted by molar-refractivity contribution is 0.0770. The summed E-state index contributed by atoms with van der Waals surface area (Å²) in [7, 11) is 0. The molecule has 0 aliphatic carbocycles. The predicted molar refractivity (Wildman–Crippen MR) is 68.8 cm³/mol. The summed E-state index contributed by atoms with van der Waals surface area (Å²) in [6.45, 7) is 0.637. The lowest BCUT2D eigenvalue weighted by Crippen LogP contribution is -2.35. The van der Waals surface area contributed by atoms with Gasteiger partial charge in [-0.2, -0.15) is 0 Å². The van der Waals surface area contributed by atoms with Crippen molar-refractivity contribution in [1.29, 1.82) is 0 Å². The van der Waals surface area contributed by atoms with Gasteiger partial charge in [-0.15, -0.1) is 23.2 Å². The Bertz CT molecular complexity index is 394. The molecule has 0 aromatic heterocycles. The number of halogens is 4. The third kappa shape index (κ3) is 4.02. The highest BCUT2D eigenvalue weighted by Gasteiger charge is 2.18. The van der Waals surface area contributed by atoms with Crippen LogP contribution in [-0.2, 0) is 0 Å². The standard InChI is InChI=1S/C11H11Cl3FNO/c12-3-5-16(6-4-13)11(17)9-7-8(14)1-2-10(9)15/h1-2,7H,3-6H2. The molecule has 0 N–H and O–H groups in total. The van der Waals surface area contributed by atoms with Gasteiger partial charge in [0, 0.05) is 29.9 Å². The summed E-state index contributed by atoms with van der Waals surface area (Å²) >= 11 is 16.9. The summed E-state index contributed by atoms with van der Waals surface area (Å²) in [6.07, 6.45) is 0. The normalized spacial score (nSPS) is 10.4. The summed E-state index contributed by atoms with van der Waals surface area (Å²) in [5.74, 6) is -0.518. The minimum Gasteiger partial charge on any atom is -0.336 e. The Morgan fingerprint density at radius 3 is 2.35 bits per heavy atom. The maximum Gasteiger partial charge on any atom is 0.256 e. The Morgan fingerprint density at radius 2 is 1.82 bits per heavy atom. The zero-order valence-corrected chi connectivity index (χ0v) is 11.2. The van der Waals surface area contributed by atoms with Crippen LogP contribution < -0.4 is 0 Å². The lowest BCUT2D eigenvalue weighted by Gasteiger charge is -2.20. The second-order valence-electron chi connectivity index (χ2n) is 3.29. The first-order valence-corrected chi connectivity index (χ1v) is 6.41. The SMILES string of the molecule is O=C(c1cc(Cl)ccc1F)N(CCCl)CCCl. The molecule has 0 radical (unpaired) electrons. The van der Waals surface area contributed by atoms with Crippen LogP contribution in [0.2, 0.25) is 5.02 Å². The Balaban J connectivity index is 2.95. The van der Waals surface area contributed by atoms with Crippen molar-refractivity contribution in [1.82, 2.24) is 4.90 Å². The molecule has 0 bridgehead atoms. The fourth-order valence-corrected chi connectivity index (χ4v) is 1.93. The molecule has 17 heavy (non-hydrogen) atoms. The molecule has 0 aliphatic heterocycles. The first-order valence-electron chi connectivity index (χ1n) is 4.96. The maximum absolute atomic E-state index is 13.5. The number of carbonyl (C=O) groups excluding carboxylic acids is 1. The third-order valence-electron chi connectivity index (χ3n) is 2.15. The zero-order valence-electron chi connectivity index (χ0n) is 8.93. The first-order chi connectivity index (χ1) is 8.10. The summed E-state index contributed by atoms with van der Waals surface area (Å²) < 4.78 is 13.5. The van der Waals surface area contributed by atoms with Gasteiger partial charge in [-0.25, -0.2) is 4.39 Å². The molecule has 1 rings (SSSR count). The number of carbonyl (C=O) groups is 1. The molecular weight excluding hydrogens is 287 g/mol. The van der Waals surface area contributed by atoms with E-state index in [1.807, 2.05) is 0 Å². The molecule has 1 amide bonds. The molecule has 94 valence electrons. The minimum atomic E-state index is -0.603. The average Bonchev–Trinajstić information content (AvgIpc) is 2.31. The fourth-order valence-electron chi connectivity index (χ4n) is 1.35. The number of amides is 1. The van der Waals surface area contributed by atoms with Crippen LogP contribution in [0.1, 0.15) is 10.4 Å². The van der Waals surface area contributed by atoms with Gasteiger partial charge in [-0.3, -0.25) is 4.79 Å². The van der Waals surface area contributed by atoms with E-state index in [1.54, 1.807) is 0 Å². The van der Waals surface area contributed by atoms with Crippen LogP contribution in [0.4, 0.5) is 4.39 Å². The van der Waals surface area contributed by atoms with Crippen LogP contribution in [0.3, 0.4) is 0 Å². The van der Waals surface area contributed by atoms with Crippen LogP contribution in [0, 0.1) is 5.82 Å². The smallest absolute Gasteiger partial charge is 0.256 e. The molecule has 0 spiro atoms. The Morgan fingerprint density at radius 1 is 1.24 bits per heavy atom. The van der Waals surface area contributed by atoms with Crippen LogP contribution in [-0.4, -0.2) is 35.7 Å². The summed E-state index contributed by atoms with van der Waals surface area (Å²) in [6, 6.07) is 3.85. The average molecular weight is 299 g/mol. The van der Waals surface area contributed by atoms with Crippen molar-refractivity contribution >= 4 is 40.7 Å². The molecular formula is C11H11Cl3FNO. The minimum absolute atomic E-state index is 0.0623. The Hall–Kier alpha value is -0.510. The second-order valence-corrected chi connectivity index (χ2v) is 4.49. The molecule has 0 fully saturated rings. The van der Waals surface area contributed by atoms with E-state index in [2.05, 4.69) is 0 Å². The highest BCUT2D eigenvalue weighted by atomic mass is 35.5. The molecule has 0 saturated heterocycles. The van der Waals surface area contributed by atoms with E-state index >= 15 is 0 Å². The highest BCUT2D eigenvalue weighted by molar-refractivity contribution is 6.31. The summed E-state index contributed by atoms with van der Waals surface area (Å²) in [5.41, 5.74) is -0.0623. The van der Waals surface area contributed by atoms with E-state index in [9.17, 15) is 9.18 Å². The maximum atomic E-state index is 13.5. The van der Waals surface area contributed by atoms with Gasteiger partial charge in [0.2, 0.25) is 0 Å². The number of rotatable bonds is 5. The molecule has 1 aromatic rings. The molecule has 0 saturated carbocycles. The van der Waals surface area contributed by atoms with Gasteiger partial charge in [0.25, 0.3) is 5.91 Å². The highest BCUT2D eigenvalue weighted by Crippen LogP contribution is 2.16. The summed E-state index contributed by atoms with van der Waals surface area (Å²) in [4.78, 5) is 13.4. The largest absolute Gasteiger partial charge is 0.336 e. The monoisotopic (exact) mass is 297 g/mol. The van der Waals surface area contributed by atoms with Gasteiger partial charge in [0.1, 0.15) is 5.82 Å². The number of hydrogen-bond acceptors (Lipinski definition) is 1. The fraction of sp³-hybridized carbons (Fsp3) is 0.364. The van der Waals surface area contributed by atoms with Crippen molar-refractivity contribution in [3.8, 4) is 0 Å². The molecule has 1 aromatic carbocycles. The van der Waals surface area contributed by atoms with Gasteiger partial charge in [-0.1, -0.05) is 11.6 Å². The van der Waals surface area contributed by atoms with Gasteiger partial charge < -0.3 is 4.90 Å². The van der Waals surface area contributed by atoms with Crippen LogP contribution in [0.25, 0.3) is 0 Å². The van der Waals surface area contributed by atoms with Crippen molar-refractivity contribution in [3.05, 3.63) is 34.6 Å². The number of alkyl halides is 2. The van der Waals surface area contributed by atoms with Crippen molar-refractivity contribution in [2.75, 3.05) is 24.8 Å². The molecule has 0 heterocycles. The van der Waals surface area contributed by atoms with Gasteiger partial charge in [0.05, 0.1) is 5.56 Å². The van der Waals surface area contributed by atoms with E-state index < -0.39 is 11.7 Å². The van der Waals surface area contributed by atoms with Crippen molar-refractivity contribution in [3.63, 3.8) is 0 Å². The number of hydrogen-bond donors (Lipinski definition) is 0. The number of nitrogens with zero attached hydrogens (tertiary/aromatic N) is 1. The molecule has 0 unspecified atom stereocenters. The van der Waals surface area contributed by atoms with Crippen molar-refractivity contribution < 1.29 is 9.18 Å². The second kappa shape index (κ2) is 7.04. The third-order valence-corrected chi connectivity index (χ3v) is 2.73. The van der Waals surface area contributed by atoms with E-state index in [1.165, 1.54) is 17.0 Å². The molecule has 6 heteroatoms. The van der Waals surface area contributed by atoms with E-state index in [-0.39, 0.29) is 17.3 Å². The predicted octanol–water partition coefficient (Wildman–Crippen LogP) is 3.40. The zero-order chi connectivity index (χ0) is 12.8. The molecule has 0 atom stereocenters. The molecule has 2 nitrogen and oxygen atoms in total. The van der Waals surface area contributed by atoms with Crippen LogP contribution in [0.5, 0.6) is 0 Å². The van der Waals surface area contributed by atoms with Gasteiger partial charge >= 0.3 is 0 Å². The summed E-state index contributed by atoms with van der Waals surface area (Å²) in [5, 5.41) is 0.312. The van der Waals surface area contributed by atoms with Crippen LogP contribution >= 0.6 is 34.8 Å². The van der Waals surface area contributed by atoms with Crippen LogP contribution in [0.15, 0.2) is 18.2 Å². The molecule has 0 aliphatic rings. The van der Waals surface area contributed by atoms with Gasteiger partial charge in [0.15, 0.2) is 0 Å². The van der Waals surface area contributed by atoms with E-state index in [4.69, 9.17) is 34.8 Å². The quantitative estimate of drug-likeness (QED) is 0.763.